The van der Waals surface area contributed by atoms with Crippen molar-refractivity contribution in [1.82, 2.24) is 4.90 Å². The zero-order valence-electron chi connectivity index (χ0n) is 10.9. The van der Waals surface area contributed by atoms with E-state index in [1.165, 1.54) is 0 Å². The minimum Gasteiger partial charge on any atom is -0.481 e. The monoisotopic (exact) mass is 325 g/mol. The lowest BCUT2D eigenvalue weighted by atomic mass is 10.1. The van der Waals surface area contributed by atoms with Gasteiger partial charge in [0.25, 0.3) is 0 Å². The van der Waals surface area contributed by atoms with Gasteiger partial charge in [-0.1, -0.05) is 22.0 Å². The molecule has 0 aromatic heterocycles. The summed E-state index contributed by atoms with van der Waals surface area (Å²) in [7, 11) is 1.72. The van der Waals surface area contributed by atoms with Crippen LogP contribution >= 0.6 is 15.9 Å². The Labute approximate surface area is 120 Å². The summed E-state index contributed by atoms with van der Waals surface area (Å²) >= 11 is 3.41. The van der Waals surface area contributed by atoms with E-state index in [1.54, 1.807) is 11.9 Å². The lowest BCUT2D eigenvalue weighted by Crippen LogP contribution is -2.29. The van der Waals surface area contributed by atoms with Gasteiger partial charge in [-0.15, -0.1) is 0 Å². The van der Waals surface area contributed by atoms with Crippen molar-refractivity contribution in [2.75, 3.05) is 7.05 Å². The molecule has 2 atom stereocenters. The summed E-state index contributed by atoms with van der Waals surface area (Å²) in [6.07, 6.45) is 0.468. The van der Waals surface area contributed by atoms with Crippen LogP contribution < -0.4 is 0 Å². The zero-order valence-corrected chi connectivity index (χ0v) is 12.5. The summed E-state index contributed by atoms with van der Waals surface area (Å²) in [6, 6.07) is 5.94. The van der Waals surface area contributed by atoms with Crippen LogP contribution in [0.5, 0.6) is 0 Å². The minimum absolute atomic E-state index is 0.0771. The Kier molecular flexibility index (Phi) is 3.94. The van der Waals surface area contributed by atoms with Gasteiger partial charge in [0, 0.05) is 18.1 Å². The summed E-state index contributed by atoms with van der Waals surface area (Å²) in [6.45, 7) is 2.50. The number of carbonyl (C=O) groups is 2. The molecule has 0 aliphatic heterocycles. The maximum absolute atomic E-state index is 12.1. The van der Waals surface area contributed by atoms with Crippen LogP contribution in [-0.4, -0.2) is 28.9 Å². The molecule has 2 unspecified atom stereocenters. The number of benzene rings is 1. The van der Waals surface area contributed by atoms with Crippen LogP contribution in [0.3, 0.4) is 0 Å². The smallest absolute Gasteiger partial charge is 0.307 e. The number of hydrogen-bond donors (Lipinski definition) is 1. The average molecular weight is 326 g/mol. The van der Waals surface area contributed by atoms with Crippen molar-refractivity contribution in [3.05, 3.63) is 33.8 Å². The summed E-state index contributed by atoms with van der Waals surface area (Å²) in [5.41, 5.74) is 2.19. The lowest BCUT2D eigenvalue weighted by molar-refractivity contribution is -0.141. The van der Waals surface area contributed by atoms with Crippen molar-refractivity contribution in [2.24, 2.45) is 11.8 Å². The highest BCUT2D eigenvalue weighted by Gasteiger charge is 2.49. The molecule has 4 nitrogen and oxygen atoms in total. The number of carboxylic acid groups (broad SMARTS) is 1. The molecule has 19 heavy (non-hydrogen) atoms. The van der Waals surface area contributed by atoms with Crippen molar-refractivity contribution in [3.63, 3.8) is 0 Å². The Morgan fingerprint density at radius 1 is 1.42 bits per heavy atom. The predicted molar refractivity (Wildman–Crippen MR) is 74.6 cm³/mol. The Hall–Kier alpha value is -1.36. The predicted octanol–water partition coefficient (Wildman–Crippen LogP) is 2.44. The maximum Gasteiger partial charge on any atom is 0.307 e. The third-order valence-corrected chi connectivity index (χ3v) is 4.01. The molecule has 0 spiro atoms. The second-order valence-electron chi connectivity index (χ2n) is 5.05. The fourth-order valence-electron chi connectivity index (χ4n) is 2.17. The number of hydrogen-bond acceptors (Lipinski definition) is 2. The average Bonchev–Trinajstić information content (AvgIpc) is 3.13. The Morgan fingerprint density at radius 3 is 2.68 bits per heavy atom. The first-order chi connectivity index (χ1) is 8.90. The number of aliphatic carboxylic acids is 1. The van der Waals surface area contributed by atoms with E-state index in [2.05, 4.69) is 15.9 Å². The normalized spacial score (nSPS) is 21.0. The molecule has 1 fully saturated rings. The highest BCUT2D eigenvalue weighted by atomic mass is 79.9. The van der Waals surface area contributed by atoms with Crippen molar-refractivity contribution >= 4 is 27.8 Å². The van der Waals surface area contributed by atoms with Crippen molar-refractivity contribution in [1.29, 1.82) is 0 Å². The van der Waals surface area contributed by atoms with Crippen LogP contribution in [0.2, 0.25) is 0 Å². The van der Waals surface area contributed by atoms with E-state index in [-0.39, 0.29) is 11.8 Å². The van der Waals surface area contributed by atoms with E-state index < -0.39 is 11.9 Å². The number of nitrogens with zero attached hydrogens (tertiary/aromatic N) is 1. The third-order valence-electron chi connectivity index (χ3n) is 3.52. The summed E-state index contributed by atoms with van der Waals surface area (Å²) in [4.78, 5) is 24.5. The van der Waals surface area contributed by atoms with Gasteiger partial charge in [0.1, 0.15) is 0 Å². The van der Waals surface area contributed by atoms with Gasteiger partial charge < -0.3 is 10.0 Å². The van der Waals surface area contributed by atoms with Crippen LogP contribution in [-0.2, 0) is 16.1 Å². The number of rotatable bonds is 4. The van der Waals surface area contributed by atoms with E-state index in [1.807, 2.05) is 25.1 Å². The number of carbonyl (C=O) groups excluding carboxylic acids is 1. The van der Waals surface area contributed by atoms with E-state index in [9.17, 15) is 9.59 Å². The van der Waals surface area contributed by atoms with E-state index >= 15 is 0 Å². The van der Waals surface area contributed by atoms with Gasteiger partial charge >= 0.3 is 5.97 Å². The van der Waals surface area contributed by atoms with Crippen LogP contribution in [0.15, 0.2) is 22.7 Å². The Balaban J connectivity index is 2.01. The molecule has 1 aliphatic rings. The molecule has 1 aromatic carbocycles. The fourth-order valence-corrected chi connectivity index (χ4v) is 2.58. The van der Waals surface area contributed by atoms with Crippen molar-refractivity contribution in [3.8, 4) is 0 Å². The van der Waals surface area contributed by atoms with Gasteiger partial charge in [-0.2, -0.15) is 0 Å². The van der Waals surface area contributed by atoms with E-state index in [0.29, 0.717) is 13.0 Å². The van der Waals surface area contributed by atoms with Gasteiger partial charge in [0.2, 0.25) is 5.91 Å². The van der Waals surface area contributed by atoms with Crippen molar-refractivity contribution in [2.45, 2.75) is 19.9 Å². The van der Waals surface area contributed by atoms with Gasteiger partial charge in [0.15, 0.2) is 0 Å². The van der Waals surface area contributed by atoms with Crippen LogP contribution in [0.1, 0.15) is 17.5 Å². The molecule has 0 saturated heterocycles. The number of aryl methyl sites for hydroxylation is 1. The molecule has 2 rings (SSSR count). The number of halogens is 1. The molecular weight excluding hydrogens is 310 g/mol. The Bertz CT molecular complexity index is 529. The Morgan fingerprint density at radius 2 is 2.11 bits per heavy atom. The quantitative estimate of drug-likeness (QED) is 0.925. The molecule has 0 bridgehead atoms. The summed E-state index contributed by atoms with van der Waals surface area (Å²) in [5, 5.41) is 8.85. The first-order valence-electron chi connectivity index (χ1n) is 6.13. The lowest BCUT2D eigenvalue weighted by Gasteiger charge is -2.18. The van der Waals surface area contributed by atoms with Gasteiger partial charge in [-0.05, 0) is 36.6 Å². The molecule has 1 aromatic rings. The van der Waals surface area contributed by atoms with Crippen molar-refractivity contribution < 1.29 is 14.7 Å². The van der Waals surface area contributed by atoms with E-state index in [0.717, 1.165) is 15.6 Å². The van der Waals surface area contributed by atoms with E-state index in [4.69, 9.17) is 5.11 Å². The summed E-state index contributed by atoms with van der Waals surface area (Å²) in [5.74, 6) is -1.77. The minimum atomic E-state index is -0.870. The first-order valence-corrected chi connectivity index (χ1v) is 6.92. The number of carboxylic acids is 1. The van der Waals surface area contributed by atoms with Gasteiger partial charge in [-0.25, -0.2) is 0 Å². The molecule has 1 N–H and O–H groups in total. The highest BCUT2D eigenvalue weighted by Crippen LogP contribution is 2.40. The maximum atomic E-state index is 12.1. The largest absolute Gasteiger partial charge is 0.481 e. The SMILES string of the molecule is Cc1ccc(Br)cc1CN(C)C(=O)C1CC1C(=O)O. The molecular formula is C14H16BrNO3. The molecule has 1 aliphatic carbocycles. The topological polar surface area (TPSA) is 57.6 Å². The van der Waals surface area contributed by atoms with Gasteiger partial charge in [0.05, 0.1) is 11.8 Å². The van der Waals surface area contributed by atoms with Gasteiger partial charge in [-0.3, -0.25) is 9.59 Å². The third kappa shape index (κ3) is 3.15. The fraction of sp³-hybridized carbons (Fsp3) is 0.429. The molecule has 0 heterocycles. The zero-order chi connectivity index (χ0) is 14.2. The standard InChI is InChI=1S/C14H16BrNO3/c1-8-3-4-10(15)5-9(8)7-16(2)13(17)11-6-12(11)14(18)19/h3-5,11-12H,6-7H2,1-2H3,(H,18,19). The number of amides is 1. The second kappa shape index (κ2) is 5.33. The second-order valence-corrected chi connectivity index (χ2v) is 5.97. The van der Waals surface area contributed by atoms with Crippen LogP contribution in [0, 0.1) is 18.8 Å². The summed E-state index contributed by atoms with van der Waals surface area (Å²) < 4.78 is 0.976. The molecule has 5 heteroatoms. The highest BCUT2D eigenvalue weighted by molar-refractivity contribution is 9.10. The van der Waals surface area contributed by atoms with Crippen LogP contribution in [0.4, 0.5) is 0 Å². The molecule has 1 saturated carbocycles. The molecule has 1 amide bonds. The molecule has 0 radical (unpaired) electrons. The molecule has 102 valence electrons. The first kappa shape index (κ1) is 14.1. The van der Waals surface area contributed by atoms with Crippen LogP contribution in [0.25, 0.3) is 0 Å².